The number of carbonyl (C=O) groups is 1. The molecule has 0 saturated heterocycles. The Balaban J connectivity index is 2.05. The Bertz CT molecular complexity index is 1210. The number of carboxylic acids is 1. The zero-order valence-corrected chi connectivity index (χ0v) is 15.7. The zero-order chi connectivity index (χ0) is 20.7. The minimum absolute atomic E-state index is 0.0274. The molecule has 0 heterocycles. The monoisotopic (exact) mass is 385 g/mol. The van der Waals surface area contributed by atoms with Gasteiger partial charge in [-0.15, -0.1) is 0 Å². The number of aromatic hydroxyl groups is 2. The quantitative estimate of drug-likeness (QED) is 0.368. The van der Waals surface area contributed by atoms with Gasteiger partial charge in [-0.1, -0.05) is 48.5 Å². The first-order chi connectivity index (χ1) is 13.9. The summed E-state index contributed by atoms with van der Waals surface area (Å²) in [6.45, 7) is 1.60. The van der Waals surface area contributed by atoms with Gasteiger partial charge < -0.3 is 20.7 Å². The van der Waals surface area contributed by atoms with Crippen LogP contribution >= 0.6 is 0 Å². The maximum absolute atomic E-state index is 11.7. The number of nitrogens with one attached hydrogen (secondary N) is 1. The summed E-state index contributed by atoms with van der Waals surface area (Å²) in [6, 6.07) is 18.0. The highest BCUT2D eigenvalue weighted by atomic mass is 16.4. The minimum atomic E-state index is -1.22. The lowest BCUT2D eigenvalue weighted by molar-refractivity contribution is 0.0693. The van der Waals surface area contributed by atoms with Crippen LogP contribution in [0.15, 0.2) is 60.7 Å². The summed E-state index contributed by atoms with van der Waals surface area (Å²) < 4.78 is 0. The van der Waals surface area contributed by atoms with Gasteiger partial charge in [-0.2, -0.15) is 0 Å². The van der Waals surface area contributed by atoms with Gasteiger partial charge in [0.2, 0.25) is 0 Å². The van der Waals surface area contributed by atoms with E-state index in [1.807, 2.05) is 36.4 Å². The number of fused-ring (bicyclic) bond motifs is 2. The van der Waals surface area contributed by atoms with Crippen LogP contribution in [0.3, 0.4) is 0 Å². The van der Waals surface area contributed by atoms with Crippen molar-refractivity contribution < 1.29 is 20.1 Å². The third-order valence-electron chi connectivity index (χ3n) is 5.24. The second-order valence-corrected chi connectivity index (χ2v) is 7.05. The first-order valence-electron chi connectivity index (χ1n) is 9.14. The number of hydrogen-bond acceptors (Lipinski definition) is 4. The summed E-state index contributed by atoms with van der Waals surface area (Å²) in [4.78, 5) is 11.7. The smallest absolute Gasteiger partial charge is 0.339 e. The topological polar surface area (TPSA) is 102 Å². The maximum atomic E-state index is 11.7. The van der Waals surface area contributed by atoms with E-state index < -0.39 is 5.97 Å². The third kappa shape index (κ3) is 3.06. The van der Waals surface area contributed by atoms with E-state index in [0.29, 0.717) is 22.1 Å². The Kier molecular flexibility index (Phi) is 4.43. The second kappa shape index (κ2) is 6.95. The number of aromatic carboxylic acids is 1. The summed E-state index contributed by atoms with van der Waals surface area (Å²) in [5, 5.41) is 42.3. The van der Waals surface area contributed by atoms with Crippen LogP contribution < -0.4 is 0 Å². The fourth-order valence-electron chi connectivity index (χ4n) is 3.81. The Morgan fingerprint density at radius 1 is 0.828 bits per heavy atom. The average Bonchev–Trinajstić information content (AvgIpc) is 2.70. The molecule has 0 fully saturated rings. The Hall–Kier alpha value is -3.86. The van der Waals surface area contributed by atoms with Crippen LogP contribution in [0.1, 0.15) is 34.0 Å². The summed E-state index contributed by atoms with van der Waals surface area (Å²) in [7, 11) is 0. The number of benzene rings is 4. The molecule has 29 heavy (non-hydrogen) atoms. The number of phenols is 2. The van der Waals surface area contributed by atoms with Crippen LogP contribution in [0, 0.1) is 5.41 Å². The summed E-state index contributed by atoms with van der Waals surface area (Å²) in [5.41, 5.74) is 1.44. The predicted octanol–water partition coefficient (Wildman–Crippen LogP) is 5.08. The Labute approximate surface area is 167 Å². The van der Waals surface area contributed by atoms with E-state index in [0.717, 1.165) is 16.2 Å². The predicted molar refractivity (Wildman–Crippen MR) is 113 cm³/mol. The molecule has 0 unspecified atom stereocenters. The Morgan fingerprint density at radius 3 is 1.76 bits per heavy atom. The fourth-order valence-corrected chi connectivity index (χ4v) is 3.81. The molecule has 0 aromatic heterocycles. The standard InChI is InChI=1S/C24H19NO4/c1-13(25)18-10-14-6-2-4-8-16(14)19(22(18)26)12-20-17-9-5-3-7-15(17)11-21(23(20)27)24(28)29/h2-11,25-27H,12H2,1H3,(H,28,29). The molecule has 0 aliphatic heterocycles. The highest BCUT2D eigenvalue weighted by Crippen LogP contribution is 2.38. The summed E-state index contributed by atoms with van der Waals surface area (Å²) in [5.74, 6) is -1.55. The second-order valence-electron chi connectivity index (χ2n) is 7.05. The molecule has 4 aromatic rings. The molecule has 4 rings (SSSR count). The SMILES string of the molecule is CC(=N)c1cc2ccccc2c(Cc2c(O)c(C(=O)O)cc3ccccc23)c1O. The normalized spacial score (nSPS) is 11.1. The van der Waals surface area contributed by atoms with Crippen LogP contribution in [0.25, 0.3) is 21.5 Å². The van der Waals surface area contributed by atoms with E-state index in [-0.39, 0.29) is 29.2 Å². The van der Waals surface area contributed by atoms with Gasteiger partial charge in [0, 0.05) is 28.8 Å². The molecule has 0 aliphatic carbocycles. The van der Waals surface area contributed by atoms with E-state index in [1.165, 1.54) is 6.07 Å². The minimum Gasteiger partial charge on any atom is -0.507 e. The van der Waals surface area contributed by atoms with Gasteiger partial charge in [0.1, 0.15) is 17.1 Å². The molecular formula is C24H19NO4. The molecule has 4 aromatic carbocycles. The van der Waals surface area contributed by atoms with E-state index >= 15 is 0 Å². The van der Waals surface area contributed by atoms with E-state index in [9.17, 15) is 20.1 Å². The van der Waals surface area contributed by atoms with Crippen molar-refractivity contribution in [2.45, 2.75) is 13.3 Å². The van der Waals surface area contributed by atoms with Gasteiger partial charge in [0.25, 0.3) is 0 Å². The van der Waals surface area contributed by atoms with Gasteiger partial charge in [-0.3, -0.25) is 0 Å². The lowest BCUT2D eigenvalue weighted by Gasteiger charge is -2.16. The van der Waals surface area contributed by atoms with Crippen molar-refractivity contribution in [2.75, 3.05) is 0 Å². The van der Waals surface area contributed by atoms with Crippen LogP contribution in [0.2, 0.25) is 0 Å². The molecule has 0 spiro atoms. The highest BCUT2D eigenvalue weighted by Gasteiger charge is 2.21. The van der Waals surface area contributed by atoms with E-state index in [1.54, 1.807) is 25.1 Å². The van der Waals surface area contributed by atoms with Crippen molar-refractivity contribution >= 4 is 33.2 Å². The van der Waals surface area contributed by atoms with Gasteiger partial charge in [0.15, 0.2) is 0 Å². The molecule has 4 N–H and O–H groups in total. The van der Waals surface area contributed by atoms with Gasteiger partial charge in [-0.25, -0.2) is 4.79 Å². The molecule has 144 valence electrons. The molecule has 0 bridgehead atoms. The van der Waals surface area contributed by atoms with E-state index in [4.69, 9.17) is 5.41 Å². The van der Waals surface area contributed by atoms with Crippen molar-refractivity contribution in [1.29, 1.82) is 5.41 Å². The van der Waals surface area contributed by atoms with Crippen molar-refractivity contribution in [3.8, 4) is 11.5 Å². The van der Waals surface area contributed by atoms with E-state index in [2.05, 4.69) is 0 Å². The first-order valence-corrected chi connectivity index (χ1v) is 9.14. The molecular weight excluding hydrogens is 366 g/mol. The van der Waals surface area contributed by atoms with Gasteiger partial charge >= 0.3 is 5.97 Å². The number of carboxylic acid groups (broad SMARTS) is 1. The van der Waals surface area contributed by atoms with Crippen LogP contribution in [-0.4, -0.2) is 27.0 Å². The van der Waals surface area contributed by atoms with Gasteiger partial charge in [-0.05, 0) is 40.6 Å². The largest absolute Gasteiger partial charge is 0.507 e. The summed E-state index contributed by atoms with van der Waals surface area (Å²) >= 11 is 0. The van der Waals surface area contributed by atoms with Gasteiger partial charge in [0.05, 0.1) is 0 Å². The highest BCUT2D eigenvalue weighted by molar-refractivity contribution is 6.05. The molecule has 0 atom stereocenters. The third-order valence-corrected chi connectivity index (χ3v) is 5.24. The van der Waals surface area contributed by atoms with Crippen molar-refractivity contribution in [2.24, 2.45) is 0 Å². The number of phenolic OH excluding ortho intramolecular Hbond substituents is 1. The average molecular weight is 385 g/mol. The van der Waals surface area contributed by atoms with Crippen LogP contribution in [0.5, 0.6) is 11.5 Å². The first kappa shape index (κ1) is 18.5. The molecule has 5 nitrogen and oxygen atoms in total. The Morgan fingerprint density at radius 2 is 1.28 bits per heavy atom. The molecule has 0 saturated carbocycles. The maximum Gasteiger partial charge on any atom is 0.339 e. The number of hydrogen-bond donors (Lipinski definition) is 4. The molecule has 0 radical (unpaired) electrons. The van der Waals surface area contributed by atoms with Crippen LogP contribution in [0.4, 0.5) is 0 Å². The lowest BCUT2D eigenvalue weighted by atomic mass is 9.90. The zero-order valence-electron chi connectivity index (χ0n) is 15.7. The molecule has 0 amide bonds. The number of rotatable bonds is 4. The van der Waals surface area contributed by atoms with Crippen LogP contribution in [-0.2, 0) is 6.42 Å². The van der Waals surface area contributed by atoms with Crippen molar-refractivity contribution in [1.82, 2.24) is 0 Å². The molecule has 5 heteroatoms. The summed E-state index contributed by atoms with van der Waals surface area (Å²) in [6.07, 6.45) is 0.126. The van der Waals surface area contributed by atoms with Crippen molar-refractivity contribution in [3.63, 3.8) is 0 Å². The molecule has 0 aliphatic rings. The lowest BCUT2D eigenvalue weighted by Crippen LogP contribution is -2.03. The van der Waals surface area contributed by atoms with Crippen molar-refractivity contribution in [3.05, 3.63) is 82.9 Å². The fraction of sp³-hybridized carbons (Fsp3) is 0.0833.